The van der Waals surface area contributed by atoms with Gasteiger partial charge in [0.25, 0.3) is 0 Å². The predicted molar refractivity (Wildman–Crippen MR) is 71.6 cm³/mol. The molecule has 1 saturated carbocycles. The van der Waals surface area contributed by atoms with Gasteiger partial charge in [-0.1, -0.05) is 20.3 Å². The molecule has 122 valence electrons. The SMILES string of the molecule is C[C@H]1CCC[C@H](C)C1NC(=O)NCC(=O)NCC(F)(F)F. The maximum atomic E-state index is 11.9. The van der Waals surface area contributed by atoms with Gasteiger partial charge in [0, 0.05) is 6.04 Å². The van der Waals surface area contributed by atoms with Gasteiger partial charge in [0.15, 0.2) is 0 Å². The van der Waals surface area contributed by atoms with Gasteiger partial charge in [0.05, 0.1) is 6.54 Å². The first-order valence-corrected chi connectivity index (χ1v) is 7.07. The minimum absolute atomic E-state index is 0.0250. The Bertz CT molecular complexity index is 364. The summed E-state index contributed by atoms with van der Waals surface area (Å²) in [6, 6.07) is -0.500. The van der Waals surface area contributed by atoms with Gasteiger partial charge in [-0.2, -0.15) is 13.2 Å². The molecule has 3 amide bonds. The maximum absolute atomic E-state index is 11.9. The van der Waals surface area contributed by atoms with Crippen molar-refractivity contribution in [2.45, 2.75) is 45.3 Å². The molecule has 3 N–H and O–H groups in total. The fourth-order valence-electron chi connectivity index (χ4n) is 2.59. The van der Waals surface area contributed by atoms with Crippen molar-refractivity contribution in [3.63, 3.8) is 0 Å². The van der Waals surface area contributed by atoms with E-state index in [0.29, 0.717) is 11.8 Å². The number of alkyl halides is 3. The highest BCUT2D eigenvalue weighted by molar-refractivity contribution is 5.84. The molecule has 5 nitrogen and oxygen atoms in total. The van der Waals surface area contributed by atoms with E-state index in [4.69, 9.17) is 0 Å². The van der Waals surface area contributed by atoms with E-state index in [9.17, 15) is 22.8 Å². The van der Waals surface area contributed by atoms with E-state index in [-0.39, 0.29) is 6.04 Å². The molecule has 1 aliphatic rings. The van der Waals surface area contributed by atoms with Crippen LogP contribution in [-0.2, 0) is 4.79 Å². The monoisotopic (exact) mass is 309 g/mol. The molecule has 0 spiro atoms. The minimum Gasteiger partial charge on any atom is -0.345 e. The normalized spacial score (nSPS) is 23.5. The summed E-state index contributed by atoms with van der Waals surface area (Å²) in [7, 11) is 0. The van der Waals surface area contributed by atoms with Crippen LogP contribution in [0.4, 0.5) is 18.0 Å². The van der Waals surface area contributed by atoms with Gasteiger partial charge in [-0.05, 0) is 24.7 Å². The van der Waals surface area contributed by atoms with Crippen molar-refractivity contribution in [3.05, 3.63) is 0 Å². The van der Waals surface area contributed by atoms with E-state index in [1.807, 2.05) is 0 Å². The van der Waals surface area contributed by atoms with Crippen molar-refractivity contribution < 1.29 is 22.8 Å². The summed E-state index contributed by atoms with van der Waals surface area (Å²) < 4.78 is 35.7. The molecule has 0 aromatic carbocycles. The summed E-state index contributed by atoms with van der Waals surface area (Å²) in [6.45, 7) is 2.23. The van der Waals surface area contributed by atoms with Crippen molar-refractivity contribution >= 4 is 11.9 Å². The maximum Gasteiger partial charge on any atom is 0.405 e. The van der Waals surface area contributed by atoms with Gasteiger partial charge in [-0.3, -0.25) is 4.79 Å². The minimum atomic E-state index is -4.45. The molecule has 0 aliphatic heterocycles. The highest BCUT2D eigenvalue weighted by Gasteiger charge is 2.29. The second-order valence-electron chi connectivity index (χ2n) is 5.63. The predicted octanol–water partition coefficient (Wildman–Crippen LogP) is 1.79. The number of hydrogen-bond acceptors (Lipinski definition) is 2. The zero-order chi connectivity index (χ0) is 16.0. The summed E-state index contributed by atoms with van der Waals surface area (Å²) >= 11 is 0. The lowest BCUT2D eigenvalue weighted by Crippen LogP contribution is -2.51. The van der Waals surface area contributed by atoms with E-state index >= 15 is 0 Å². The summed E-state index contributed by atoms with van der Waals surface area (Å²) in [5.74, 6) is -0.177. The number of hydrogen-bond donors (Lipinski definition) is 3. The molecule has 8 heteroatoms. The molecular formula is C13H22F3N3O2. The molecule has 21 heavy (non-hydrogen) atoms. The zero-order valence-corrected chi connectivity index (χ0v) is 12.2. The van der Waals surface area contributed by atoms with Crippen LogP contribution in [0.3, 0.4) is 0 Å². The number of rotatable bonds is 4. The third-order valence-electron chi connectivity index (χ3n) is 3.74. The van der Waals surface area contributed by atoms with Crippen LogP contribution in [0, 0.1) is 11.8 Å². The van der Waals surface area contributed by atoms with Gasteiger partial charge in [0.2, 0.25) is 5.91 Å². The van der Waals surface area contributed by atoms with Crippen molar-refractivity contribution in [2.75, 3.05) is 13.1 Å². The third-order valence-corrected chi connectivity index (χ3v) is 3.74. The number of nitrogens with one attached hydrogen (secondary N) is 3. The number of halogens is 3. The molecule has 1 fully saturated rings. The Balaban J connectivity index is 2.28. The van der Waals surface area contributed by atoms with Crippen LogP contribution >= 0.6 is 0 Å². The standard InChI is InChI=1S/C13H22F3N3O2/c1-8-4-3-5-9(2)11(8)19-12(21)17-6-10(20)18-7-13(14,15)16/h8-9,11H,3-7H2,1-2H3,(H,18,20)(H2,17,19,21)/t8-,9-/m0/s1. The summed E-state index contributed by atoms with van der Waals surface area (Å²) in [6.07, 6.45) is -1.27. The Morgan fingerprint density at radius 3 is 2.19 bits per heavy atom. The fraction of sp³-hybridized carbons (Fsp3) is 0.846. The highest BCUT2D eigenvalue weighted by atomic mass is 19.4. The van der Waals surface area contributed by atoms with Gasteiger partial charge in [0.1, 0.15) is 6.54 Å². The quantitative estimate of drug-likeness (QED) is 0.741. The van der Waals surface area contributed by atoms with E-state index in [1.54, 1.807) is 5.32 Å². The van der Waals surface area contributed by atoms with E-state index < -0.39 is 31.2 Å². The van der Waals surface area contributed by atoms with Gasteiger partial charge in [-0.15, -0.1) is 0 Å². The lowest BCUT2D eigenvalue weighted by Gasteiger charge is -2.35. The average Bonchev–Trinajstić information content (AvgIpc) is 2.37. The van der Waals surface area contributed by atoms with Crippen LogP contribution in [0.1, 0.15) is 33.1 Å². The lowest BCUT2D eigenvalue weighted by atomic mass is 9.79. The van der Waals surface area contributed by atoms with Crippen molar-refractivity contribution in [1.29, 1.82) is 0 Å². The number of carbonyl (C=O) groups is 2. The summed E-state index contributed by atoms with van der Waals surface area (Å²) in [4.78, 5) is 22.8. The van der Waals surface area contributed by atoms with Crippen LogP contribution in [0.5, 0.6) is 0 Å². The van der Waals surface area contributed by atoms with Crippen LogP contribution < -0.4 is 16.0 Å². The molecule has 0 radical (unpaired) electrons. The number of urea groups is 1. The molecule has 0 bridgehead atoms. The third kappa shape index (κ3) is 6.68. The second-order valence-corrected chi connectivity index (χ2v) is 5.63. The van der Waals surface area contributed by atoms with Crippen LogP contribution in [0.25, 0.3) is 0 Å². The smallest absolute Gasteiger partial charge is 0.345 e. The molecule has 0 unspecified atom stereocenters. The largest absolute Gasteiger partial charge is 0.405 e. The van der Waals surface area contributed by atoms with Gasteiger partial charge in [-0.25, -0.2) is 4.79 Å². The first-order chi connectivity index (χ1) is 9.69. The number of amides is 3. The van der Waals surface area contributed by atoms with Gasteiger partial charge < -0.3 is 16.0 Å². The Labute approximate surface area is 122 Å². The Morgan fingerprint density at radius 2 is 1.67 bits per heavy atom. The van der Waals surface area contributed by atoms with E-state index in [2.05, 4.69) is 24.5 Å². The Morgan fingerprint density at radius 1 is 1.10 bits per heavy atom. The molecule has 2 atom stereocenters. The molecule has 0 aromatic heterocycles. The Kier molecular flexibility index (Phi) is 6.29. The molecule has 1 aliphatic carbocycles. The average molecular weight is 309 g/mol. The topological polar surface area (TPSA) is 70.2 Å². The fourth-order valence-corrected chi connectivity index (χ4v) is 2.59. The number of carbonyl (C=O) groups excluding carboxylic acids is 2. The highest BCUT2D eigenvalue weighted by Crippen LogP contribution is 2.28. The Hall–Kier alpha value is -1.47. The van der Waals surface area contributed by atoms with Crippen LogP contribution in [0.2, 0.25) is 0 Å². The van der Waals surface area contributed by atoms with E-state index in [1.165, 1.54) is 0 Å². The van der Waals surface area contributed by atoms with Crippen molar-refractivity contribution in [1.82, 2.24) is 16.0 Å². The van der Waals surface area contributed by atoms with Crippen molar-refractivity contribution in [3.8, 4) is 0 Å². The molecule has 0 aromatic rings. The molecule has 1 rings (SSSR count). The van der Waals surface area contributed by atoms with Crippen LogP contribution in [-0.4, -0.2) is 37.2 Å². The first kappa shape index (κ1) is 17.6. The molecular weight excluding hydrogens is 287 g/mol. The summed E-state index contributed by atoms with van der Waals surface area (Å²) in [5.41, 5.74) is 0. The second kappa shape index (κ2) is 7.51. The van der Waals surface area contributed by atoms with E-state index in [0.717, 1.165) is 19.3 Å². The first-order valence-electron chi connectivity index (χ1n) is 7.07. The van der Waals surface area contributed by atoms with Crippen LogP contribution in [0.15, 0.2) is 0 Å². The molecule has 0 saturated heterocycles. The molecule has 0 heterocycles. The zero-order valence-electron chi connectivity index (χ0n) is 12.2. The van der Waals surface area contributed by atoms with Crippen molar-refractivity contribution in [2.24, 2.45) is 11.8 Å². The lowest BCUT2D eigenvalue weighted by molar-refractivity contribution is -0.137. The van der Waals surface area contributed by atoms with Gasteiger partial charge >= 0.3 is 12.2 Å². The summed E-state index contributed by atoms with van der Waals surface area (Å²) in [5, 5.41) is 6.76.